The van der Waals surface area contributed by atoms with E-state index in [1.54, 1.807) is 25.6 Å². The van der Waals surface area contributed by atoms with Crippen LogP contribution in [0.4, 0.5) is 0 Å². The lowest BCUT2D eigenvalue weighted by molar-refractivity contribution is -0.140. The molecule has 0 fully saturated rings. The van der Waals surface area contributed by atoms with Gasteiger partial charge in [0.1, 0.15) is 18.4 Å². The van der Waals surface area contributed by atoms with Crippen LogP contribution in [0.3, 0.4) is 0 Å². The van der Waals surface area contributed by atoms with Gasteiger partial charge in [0.2, 0.25) is 0 Å². The van der Waals surface area contributed by atoms with E-state index in [1.165, 1.54) is 0 Å². The van der Waals surface area contributed by atoms with Crippen LogP contribution in [-0.2, 0) is 17.8 Å². The number of pyridine rings is 1. The number of nitroso groups, excluding NO2 is 1. The minimum Gasteiger partial charge on any atom is -0.487 e. The maximum atomic E-state index is 11.5. The number of fused-ring (bicyclic) bond motifs is 1. The monoisotopic (exact) mass is 562 g/mol. The van der Waals surface area contributed by atoms with Crippen molar-refractivity contribution in [1.29, 1.82) is 0 Å². The number of thioether (sulfide) groups is 1. The number of aromatic nitrogens is 1. The zero-order valence-electron chi connectivity index (χ0n) is 21.9. The third-order valence-corrected chi connectivity index (χ3v) is 8.47. The number of carboxylic acids is 1. The molecule has 3 unspecified atom stereocenters. The summed E-state index contributed by atoms with van der Waals surface area (Å²) in [6.45, 7) is 3.83. The molecule has 1 N–H and O–H groups in total. The number of carboxylic acid groups (broad SMARTS) is 1. The number of hydrogen-bond acceptors (Lipinski definition) is 6. The Hall–Kier alpha value is -3.42. The summed E-state index contributed by atoms with van der Waals surface area (Å²) in [7, 11) is 0. The van der Waals surface area contributed by atoms with E-state index in [1.807, 2.05) is 78.9 Å². The Morgan fingerprint density at radius 2 is 1.85 bits per heavy atom. The van der Waals surface area contributed by atoms with Crippen LogP contribution >= 0.6 is 23.4 Å². The van der Waals surface area contributed by atoms with E-state index in [9.17, 15) is 14.8 Å². The second-order valence-electron chi connectivity index (χ2n) is 9.58. The van der Waals surface area contributed by atoms with Gasteiger partial charge in [-0.25, -0.2) is 4.98 Å². The smallest absolute Gasteiger partial charge is 0.307 e. The number of aryl methyl sites for hydroxylation is 1. The zero-order chi connectivity index (χ0) is 27.8. The van der Waals surface area contributed by atoms with Crippen molar-refractivity contribution in [2.75, 3.05) is 5.75 Å². The Bertz CT molecular complexity index is 1450. The molecule has 0 spiro atoms. The van der Waals surface area contributed by atoms with Crippen molar-refractivity contribution in [3.05, 3.63) is 111 Å². The van der Waals surface area contributed by atoms with E-state index in [0.717, 1.165) is 51.9 Å². The predicted molar refractivity (Wildman–Crippen MR) is 158 cm³/mol. The first-order valence-corrected chi connectivity index (χ1v) is 14.3. The van der Waals surface area contributed by atoms with Crippen molar-refractivity contribution < 1.29 is 14.6 Å². The summed E-state index contributed by atoms with van der Waals surface area (Å²) >= 11 is 7.76. The number of hydrogen-bond donors (Lipinski definition) is 1. The quantitative estimate of drug-likeness (QED) is 0.164. The molecule has 0 aliphatic carbocycles. The highest BCUT2D eigenvalue weighted by Gasteiger charge is 2.19. The molecule has 3 aromatic carbocycles. The normalized spacial score (nSPS) is 13.5. The van der Waals surface area contributed by atoms with Crippen LogP contribution in [0.1, 0.15) is 53.9 Å². The van der Waals surface area contributed by atoms with Crippen molar-refractivity contribution in [1.82, 2.24) is 4.98 Å². The van der Waals surface area contributed by atoms with Crippen LogP contribution in [-0.4, -0.2) is 21.8 Å². The molecule has 0 saturated heterocycles. The highest BCUT2D eigenvalue weighted by atomic mass is 35.5. The molecule has 3 atom stereocenters. The van der Waals surface area contributed by atoms with Crippen molar-refractivity contribution >= 4 is 40.2 Å². The van der Waals surface area contributed by atoms with Crippen LogP contribution in [0.15, 0.2) is 84.0 Å². The Morgan fingerprint density at radius 3 is 2.64 bits per heavy atom. The lowest BCUT2D eigenvalue weighted by Crippen LogP contribution is -2.13. The second-order valence-corrected chi connectivity index (χ2v) is 11.3. The molecule has 0 amide bonds. The Morgan fingerprint density at radius 1 is 1.05 bits per heavy atom. The summed E-state index contributed by atoms with van der Waals surface area (Å²) in [6.07, 6.45) is 1.51. The fraction of sp³-hybridized carbons (Fsp3) is 0.290. The molecule has 8 heteroatoms. The molecule has 4 aromatic rings. The number of ether oxygens (including phenoxy) is 1. The van der Waals surface area contributed by atoms with Gasteiger partial charge in [-0.15, -0.1) is 0 Å². The maximum Gasteiger partial charge on any atom is 0.307 e. The SMILES string of the molecule is CC(CSC(CCc1ccccc1C(C)N=O)c1cccc(OCc2ccc3ccc(Cl)cc3n2)c1)C(=O)O. The molecule has 6 nitrogen and oxygen atoms in total. The molecular weight excluding hydrogens is 532 g/mol. The first kappa shape index (κ1) is 28.6. The van der Waals surface area contributed by atoms with Gasteiger partial charge in [-0.1, -0.05) is 72.2 Å². The van der Waals surface area contributed by atoms with Gasteiger partial charge in [-0.2, -0.15) is 16.7 Å². The number of rotatable bonds is 13. The summed E-state index contributed by atoms with van der Waals surface area (Å²) in [5.74, 6) is -0.0611. The average molecular weight is 563 g/mol. The third-order valence-electron chi connectivity index (χ3n) is 6.64. The number of nitrogens with zero attached hydrogens (tertiary/aromatic N) is 2. The van der Waals surface area contributed by atoms with Gasteiger partial charge in [-0.05, 0) is 66.8 Å². The average Bonchev–Trinajstić information content (AvgIpc) is 2.95. The Balaban J connectivity index is 1.50. The molecule has 39 heavy (non-hydrogen) atoms. The van der Waals surface area contributed by atoms with Crippen molar-refractivity contribution in [2.24, 2.45) is 11.1 Å². The summed E-state index contributed by atoms with van der Waals surface area (Å²) < 4.78 is 6.11. The molecule has 1 aromatic heterocycles. The largest absolute Gasteiger partial charge is 0.487 e. The van der Waals surface area contributed by atoms with Crippen LogP contribution in [0.25, 0.3) is 10.9 Å². The molecule has 202 valence electrons. The van der Waals surface area contributed by atoms with Crippen LogP contribution in [0, 0.1) is 10.8 Å². The Labute approximate surface area is 237 Å². The third kappa shape index (κ3) is 7.80. The highest BCUT2D eigenvalue weighted by molar-refractivity contribution is 7.99. The summed E-state index contributed by atoms with van der Waals surface area (Å²) in [5.41, 5.74) is 4.69. The summed E-state index contributed by atoms with van der Waals surface area (Å²) in [4.78, 5) is 27.3. The maximum absolute atomic E-state index is 11.5. The second kappa shape index (κ2) is 13.6. The van der Waals surface area contributed by atoms with Crippen LogP contribution in [0.5, 0.6) is 5.75 Å². The van der Waals surface area contributed by atoms with E-state index in [2.05, 4.69) is 10.2 Å². The molecule has 0 aliphatic heterocycles. The standard InChI is InChI=1S/C31H31ClN2O4S/c1-20(31(35)36)19-39-30(15-12-22-6-3-4-9-28(22)21(2)34-37)24-7-5-8-27(16-24)38-18-26-14-11-23-10-13-25(32)17-29(23)33-26/h3-11,13-14,16-17,20-21,30H,12,15,18-19H2,1-2H3,(H,35,36). The molecule has 0 radical (unpaired) electrons. The van der Waals surface area contributed by atoms with Crippen LogP contribution < -0.4 is 4.74 Å². The molecule has 0 bridgehead atoms. The Kier molecular flexibility index (Phi) is 9.96. The fourth-order valence-electron chi connectivity index (χ4n) is 4.37. The zero-order valence-corrected chi connectivity index (χ0v) is 23.5. The van der Waals surface area contributed by atoms with Gasteiger partial charge >= 0.3 is 5.97 Å². The number of aliphatic carboxylic acids is 1. The number of halogens is 1. The van der Waals surface area contributed by atoms with Crippen LogP contribution in [0.2, 0.25) is 5.02 Å². The molecule has 4 rings (SSSR count). The first-order valence-electron chi connectivity index (χ1n) is 12.9. The highest BCUT2D eigenvalue weighted by Crippen LogP contribution is 2.37. The van der Waals surface area contributed by atoms with Crippen molar-refractivity contribution in [3.8, 4) is 5.75 Å². The van der Waals surface area contributed by atoms with Gasteiger partial charge in [0.05, 0.1) is 17.1 Å². The molecule has 0 aliphatic rings. The minimum atomic E-state index is -0.807. The number of carbonyl (C=O) groups is 1. The first-order chi connectivity index (χ1) is 18.8. The van der Waals surface area contributed by atoms with Gasteiger partial charge in [0, 0.05) is 21.4 Å². The molecule has 1 heterocycles. The number of benzene rings is 3. The summed E-state index contributed by atoms with van der Waals surface area (Å²) in [5, 5.41) is 14.3. The van der Waals surface area contributed by atoms with Gasteiger partial charge in [0.15, 0.2) is 0 Å². The van der Waals surface area contributed by atoms with Gasteiger partial charge < -0.3 is 9.84 Å². The lowest BCUT2D eigenvalue weighted by atomic mass is 9.96. The topological polar surface area (TPSA) is 88.9 Å². The molecule has 0 saturated carbocycles. The predicted octanol–water partition coefficient (Wildman–Crippen LogP) is 8.42. The van der Waals surface area contributed by atoms with E-state index < -0.39 is 17.9 Å². The van der Waals surface area contributed by atoms with E-state index >= 15 is 0 Å². The van der Waals surface area contributed by atoms with Gasteiger partial charge in [0.25, 0.3) is 0 Å². The molecular formula is C31H31ClN2O4S. The lowest BCUT2D eigenvalue weighted by Gasteiger charge is -2.20. The van der Waals surface area contributed by atoms with Crippen molar-refractivity contribution in [2.45, 2.75) is 44.6 Å². The fourth-order valence-corrected chi connectivity index (χ4v) is 5.82. The van der Waals surface area contributed by atoms with Gasteiger partial charge in [-0.3, -0.25) is 4.79 Å². The minimum absolute atomic E-state index is 0.0452. The summed E-state index contributed by atoms with van der Waals surface area (Å²) in [6, 6.07) is 24.9. The van der Waals surface area contributed by atoms with E-state index in [-0.39, 0.29) is 5.25 Å². The van der Waals surface area contributed by atoms with Crippen molar-refractivity contribution in [3.63, 3.8) is 0 Å². The van der Waals surface area contributed by atoms with E-state index in [4.69, 9.17) is 16.3 Å². The van der Waals surface area contributed by atoms with E-state index in [0.29, 0.717) is 17.4 Å².